The number of carbonyl (C=O) groups is 1. The van der Waals surface area contributed by atoms with Gasteiger partial charge in [-0.15, -0.1) is 15.3 Å². The number of benzene rings is 1. The van der Waals surface area contributed by atoms with E-state index in [2.05, 4.69) is 32.7 Å². The van der Waals surface area contributed by atoms with E-state index in [4.69, 9.17) is 0 Å². The summed E-state index contributed by atoms with van der Waals surface area (Å²) in [6.45, 7) is 3.84. The fraction of sp³-hybridized carbons (Fsp3) is 0.312. The Morgan fingerprint density at radius 3 is 2.72 bits per heavy atom. The molecule has 0 aliphatic carbocycles. The highest BCUT2D eigenvalue weighted by atomic mass is 32.1. The van der Waals surface area contributed by atoms with Crippen molar-refractivity contribution in [3.05, 3.63) is 46.5 Å². The summed E-state index contributed by atoms with van der Waals surface area (Å²) in [4.78, 5) is 12.4. The number of hydrogen-bond acceptors (Lipinski definition) is 6. The van der Waals surface area contributed by atoms with Gasteiger partial charge in [0.2, 0.25) is 5.13 Å². The van der Waals surface area contributed by atoms with E-state index >= 15 is 0 Å². The van der Waals surface area contributed by atoms with Gasteiger partial charge in [-0.05, 0) is 37.6 Å². The monoisotopic (exact) mass is 360 g/mol. The second-order valence-electron chi connectivity index (χ2n) is 5.47. The minimum atomic E-state index is -0.399. The average molecular weight is 360 g/mol. The molecule has 130 valence electrons. The van der Waals surface area contributed by atoms with E-state index in [1.165, 1.54) is 28.2 Å². The van der Waals surface area contributed by atoms with Crippen molar-refractivity contribution in [2.24, 2.45) is 0 Å². The SMILES string of the molecule is CCCCc1nnc(NC(=O)c2nnn(-c3ccc(F)cc3)c2C)s1. The molecule has 25 heavy (non-hydrogen) atoms. The summed E-state index contributed by atoms with van der Waals surface area (Å²) in [5, 5.41) is 20.0. The number of nitrogens with one attached hydrogen (secondary N) is 1. The van der Waals surface area contributed by atoms with Gasteiger partial charge in [0.1, 0.15) is 10.8 Å². The standard InChI is InChI=1S/C16H17FN6OS/c1-3-4-5-13-19-21-16(25-13)18-15(24)14-10(2)23(22-20-14)12-8-6-11(17)7-9-12/h6-9H,3-5H2,1-2H3,(H,18,21,24). The zero-order valence-corrected chi connectivity index (χ0v) is 14.7. The van der Waals surface area contributed by atoms with Crippen molar-refractivity contribution in [2.45, 2.75) is 33.1 Å². The minimum Gasteiger partial charge on any atom is -0.295 e. The molecule has 0 fully saturated rings. The molecule has 1 amide bonds. The van der Waals surface area contributed by atoms with Gasteiger partial charge in [-0.2, -0.15) is 0 Å². The smallest absolute Gasteiger partial charge is 0.279 e. The summed E-state index contributed by atoms with van der Waals surface area (Å²) in [7, 11) is 0. The summed E-state index contributed by atoms with van der Waals surface area (Å²) in [5.41, 5.74) is 1.37. The van der Waals surface area contributed by atoms with Crippen LogP contribution >= 0.6 is 11.3 Å². The largest absolute Gasteiger partial charge is 0.295 e. The highest BCUT2D eigenvalue weighted by molar-refractivity contribution is 7.15. The molecular weight excluding hydrogens is 343 g/mol. The predicted molar refractivity (Wildman–Crippen MR) is 92.5 cm³/mol. The molecule has 2 aromatic heterocycles. The molecule has 3 rings (SSSR count). The maximum atomic E-state index is 13.0. The van der Waals surface area contributed by atoms with E-state index in [9.17, 15) is 9.18 Å². The van der Waals surface area contributed by atoms with Crippen LogP contribution in [-0.4, -0.2) is 31.1 Å². The van der Waals surface area contributed by atoms with Crippen molar-refractivity contribution in [2.75, 3.05) is 5.32 Å². The van der Waals surface area contributed by atoms with Crippen molar-refractivity contribution >= 4 is 22.4 Å². The molecule has 2 heterocycles. The topological polar surface area (TPSA) is 85.6 Å². The van der Waals surface area contributed by atoms with E-state index in [0.29, 0.717) is 16.5 Å². The lowest BCUT2D eigenvalue weighted by molar-refractivity contribution is 0.102. The van der Waals surface area contributed by atoms with Gasteiger partial charge < -0.3 is 0 Å². The van der Waals surface area contributed by atoms with Gasteiger partial charge >= 0.3 is 0 Å². The van der Waals surface area contributed by atoms with Crippen molar-refractivity contribution < 1.29 is 9.18 Å². The third-order valence-corrected chi connectivity index (χ3v) is 4.51. The van der Waals surface area contributed by atoms with Gasteiger partial charge in [0, 0.05) is 6.42 Å². The Hall–Kier alpha value is -2.68. The first-order chi connectivity index (χ1) is 12.1. The van der Waals surface area contributed by atoms with E-state index in [-0.39, 0.29) is 11.5 Å². The molecule has 0 atom stereocenters. The third-order valence-electron chi connectivity index (χ3n) is 3.61. The number of unbranched alkanes of at least 4 members (excludes halogenated alkanes) is 1. The predicted octanol–water partition coefficient (Wildman–Crippen LogP) is 3.16. The van der Waals surface area contributed by atoms with Gasteiger partial charge in [-0.1, -0.05) is 29.9 Å². The number of halogens is 1. The number of carbonyl (C=O) groups excluding carboxylic acids is 1. The number of rotatable bonds is 6. The van der Waals surface area contributed by atoms with E-state index in [0.717, 1.165) is 24.3 Å². The molecule has 0 radical (unpaired) electrons. The maximum absolute atomic E-state index is 13.0. The Morgan fingerprint density at radius 1 is 1.24 bits per heavy atom. The first-order valence-corrected chi connectivity index (χ1v) is 8.72. The first-order valence-electron chi connectivity index (χ1n) is 7.90. The fourth-order valence-electron chi connectivity index (χ4n) is 2.26. The molecule has 0 bridgehead atoms. The molecular formula is C16H17FN6OS. The summed E-state index contributed by atoms with van der Waals surface area (Å²) in [6.07, 6.45) is 2.96. The number of nitrogens with zero attached hydrogens (tertiary/aromatic N) is 5. The van der Waals surface area contributed by atoms with Crippen LogP contribution in [0, 0.1) is 12.7 Å². The highest BCUT2D eigenvalue weighted by Gasteiger charge is 2.19. The Morgan fingerprint density at radius 2 is 2.00 bits per heavy atom. The normalized spacial score (nSPS) is 10.8. The Labute approximate surface area is 147 Å². The molecule has 1 aromatic carbocycles. The van der Waals surface area contributed by atoms with Crippen molar-refractivity contribution in [3.63, 3.8) is 0 Å². The van der Waals surface area contributed by atoms with Gasteiger partial charge in [0.25, 0.3) is 5.91 Å². The summed E-state index contributed by atoms with van der Waals surface area (Å²) >= 11 is 1.36. The number of hydrogen-bond donors (Lipinski definition) is 1. The first kappa shape index (κ1) is 17.2. The molecule has 9 heteroatoms. The zero-order valence-electron chi connectivity index (χ0n) is 13.9. The van der Waals surface area contributed by atoms with Gasteiger partial charge in [-0.25, -0.2) is 9.07 Å². The Bertz CT molecular complexity index is 873. The van der Waals surface area contributed by atoms with Gasteiger partial charge in [0.05, 0.1) is 11.4 Å². The minimum absolute atomic E-state index is 0.189. The van der Waals surface area contributed by atoms with Crippen molar-refractivity contribution in [1.29, 1.82) is 0 Å². The maximum Gasteiger partial charge on any atom is 0.279 e. The number of amides is 1. The second-order valence-corrected chi connectivity index (χ2v) is 6.53. The second kappa shape index (κ2) is 7.47. The molecule has 7 nitrogen and oxygen atoms in total. The van der Waals surface area contributed by atoms with Crippen LogP contribution in [0.2, 0.25) is 0 Å². The van der Waals surface area contributed by atoms with Crippen molar-refractivity contribution in [3.8, 4) is 5.69 Å². The van der Waals surface area contributed by atoms with Crippen LogP contribution < -0.4 is 5.32 Å². The van der Waals surface area contributed by atoms with Gasteiger partial charge in [0.15, 0.2) is 5.69 Å². The quantitative estimate of drug-likeness (QED) is 0.730. The summed E-state index contributed by atoms with van der Waals surface area (Å²) < 4.78 is 14.5. The van der Waals surface area contributed by atoms with Gasteiger partial charge in [-0.3, -0.25) is 10.1 Å². The lowest BCUT2D eigenvalue weighted by Crippen LogP contribution is -2.14. The Kier molecular flexibility index (Phi) is 5.13. The lowest BCUT2D eigenvalue weighted by Gasteiger charge is -2.03. The molecule has 0 spiro atoms. The lowest BCUT2D eigenvalue weighted by atomic mass is 10.3. The van der Waals surface area contributed by atoms with Crippen LogP contribution in [0.1, 0.15) is 41.0 Å². The fourth-order valence-corrected chi connectivity index (χ4v) is 3.03. The molecule has 0 saturated heterocycles. The van der Waals surface area contributed by atoms with Crippen LogP contribution in [0.5, 0.6) is 0 Å². The molecule has 0 aliphatic rings. The van der Waals surface area contributed by atoms with Crippen LogP contribution in [0.15, 0.2) is 24.3 Å². The molecule has 3 aromatic rings. The third kappa shape index (κ3) is 3.87. The van der Waals surface area contributed by atoms with Crippen molar-refractivity contribution in [1.82, 2.24) is 25.2 Å². The summed E-state index contributed by atoms with van der Waals surface area (Å²) in [6, 6.07) is 5.80. The number of aromatic nitrogens is 5. The molecule has 0 aliphatic heterocycles. The highest BCUT2D eigenvalue weighted by Crippen LogP contribution is 2.19. The summed E-state index contributed by atoms with van der Waals surface area (Å²) in [5.74, 6) is -0.737. The van der Waals surface area contributed by atoms with Crippen LogP contribution in [0.4, 0.5) is 9.52 Å². The molecule has 1 N–H and O–H groups in total. The van der Waals surface area contributed by atoms with Crippen LogP contribution in [0.25, 0.3) is 5.69 Å². The number of anilines is 1. The van der Waals surface area contributed by atoms with E-state index in [1.807, 2.05) is 0 Å². The number of aryl methyl sites for hydroxylation is 1. The molecule has 0 unspecified atom stereocenters. The Balaban J connectivity index is 1.74. The van der Waals surface area contributed by atoms with E-state index < -0.39 is 5.91 Å². The zero-order chi connectivity index (χ0) is 17.8. The van der Waals surface area contributed by atoms with E-state index in [1.54, 1.807) is 19.1 Å². The van der Waals surface area contributed by atoms with Crippen LogP contribution in [-0.2, 0) is 6.42 Å². The molecule has 0 saturated carbocycles. The van der Waals surface area contributed by atoms with Crippen LogP contribution in [0.3, 0.4) is 0 Å². The average Bonchev–Trinajstić information content (AvgIpc) is 3.20.